The minimum Gasteiger partial charge on any atom is -0.496 e. The molecule has 2 aromatic rings. The van der Waals surface area contributed by atoms with Gasteiger partial charge in [-0.15, -0.1) is 0 Å². The number of nitrogens with one attached hydrogen (secondary N) is 1. The first-order valence-corrected chi connectivity index (χ1v) is 8.98. The molecule has 0 fully saturated rings. The van der Waals surface area contributed by atoms with Crippen LogP contribution in [0.2, 0.25) is 0 Å². The monoisotopic (exact) mass is 365 g/mol. The minimum atomic E-state index is -3.86. The van der Waals surface area contributed by atoms with Crippen molar-refractivity contribution in [3.05, 3.63) is 48.0 Å². The lowest BCUT2D eigenvalue weighted by atomic mass is 10.1. The van der Waals surface area contributed by atoms with Crippen molar-refractivity contribution in [2.75, 3.05) is 18.4 Å². The summed E-state index contributed by atoms with van der Waals surface area (Å²) in [5.41, 5.74) is 0.656. The van der Waals surface area contributed by atoms with Crippen LogP contribution in [0.5, 0.6) is 11.5 Å². The SMILES string of the molecule is CCOc1ccc(NS(=O)(=O)c2ccc(OC)c(CC(=O)O)c2)cc1. The van der Waals surface area contributed by atoms with Crippen LogP contribution in [0.3, 0.4) is 0 Å². The smallest absolute Gasteiger partial charge is 0.307 e. The van der Waals surface area contributed by atoms with Gasteiger partial charge in [0.15, 0.2) is 0 Å². The summed E-state index contributed by atoms with van der Waals surface area (Å²) < 4.78 is 37.9. The molecule has 0 radical (unpaired) electrons. The first-order chi connectivity index (χ1) is 11.9. The Morgan fingerprint density at radius 1 is 1.16 bits per heavy atom. The molecule has 0 unspecified atom stereocenters. The van der Waals surface area contributed by atoms with E-state index in [0.29, 0.717) is 23.8 Å². The maximum absolute atomic E-state index is 12.5. The van der Waals surface area contributed by atoms with Crippen LogP contribution in [0.4, 0.5) is 5.69 Å². The second-order valence-electron chi connectivity index (χ2n) is 5.11. The molecule has 2 N–H and O–H groups in total. The summed E-state index contributed by atoms with van der Waals surface area (Å²) in [6.07, 6.45) is -0.338. The average molecular weight is 365 g/mol. The molecule has 0 bridgehead atoms. The number of methoxy groups -OCH3 is 1. The number of carboxylic acid groups (broad SMARTS) is 1. The Hall–Kier alpha value is -2.74. The van der Waals surface area contributed by atoms with Crippen molar-refractivity contribution < 1.29 is 27.8 Å². The molecule has 0 saturated carbocycles. The first-order valence-electron chi connectivity index (χ1n) is 7.50. The van der Waals surface area contributed by atoms with Gasteiger partial charge in [0.25, 0.3) is 10.0 Å². The van der Waals surface area contributed by atoms with Gasteiger partial charge < -0.3 is 14.6 Å². The van der Waals surface area contributed by atoms with Crippen LogP contribution < -0.4 is 14.2 Å². The summed E-state index contributed by atoms with van der Waals surface area (Å²) in [5.74, 6) is -0.117. The number of benzene rings is 2. The lowest BCUT2D eigenvalue weighted by molar-refractivity contribution is -0.136. The molecule has 2 rings (SSSR count). The zero-order valence-corrected chi connectivity index (χ0v) is 14.7. The highest BCUT2D eigenvalue weighted by Gasteiger charge is 2.18. The Bertz CT molecular complexity index is 846. The Balaban J connectivity index is 2.27. The van der Waals surface area contributed by atoms with E-state index < -0.39 is 16.0 Å². The van der Waals surface area contributed by atoms with Crippen molar-refractivity contribution in [3.63, 3.8) is 0 Å². The number of sulfonamides is 1. The molecule has 0 aromatic heterocycles. The molecule has 0 heterocycles. The van der Waals surface area contributed by atoms with Crippen molar-refractivity contribution >= 4 is 21.7 Å². The molecular weight excluding hydrogens is 346 g/mol. The maximum atomic E-state index is 12.5. The van der Waals surface area contributed by atoms with E-state index in [-0.39, 0.29) is 16.9 Å². The summed E-state index contributed by atoms with van der Waals surface area (Å²) >= 11 is 0. The lowest BCUT2D eigenvalue weighted by Gasteiger charge is -2.12. The summed E-state index contributed by atoms with van der Waals surface area (Å²) in [5, 5.41) is 8.95. The van der Waals surface area contributed by atoms with Gasteiger partial charge >= 0.3 is 5.97 Å². The molecule has 134 valence electrons. The number of hydrogen-bond donors (Lipinski definition) is 2. The quantitative estimate of drug-likeness (QED) is 0.745. The molecule has 0 aliphatic carbocycles. The van der Waals surface area contributed by atoms with E-state index in [4.69, 9.17) is 14.6 Å². The molecule has 0 spiro atoms. The topological polar surface area (TPSA) is 102 Å². The van der Waals surface area contributed by atoms with Crippen LogP contribution in [-0.2, 0) is 21.2 Å². The second kappa shape index (κ2) is 7.89. The zero-order chi connectivity index (χ0) is 18.4. The van der Waals surface area contributed by atoms with Crippen LogP contribution in [0.15, 0.2) is 47.4 Å². The molecule has 25 heavy (non-hydrogen) atoms. The summed E-state index contributed by atoms with van der Waals surface area (Å²) in [4.78, 5) is 10.9. The Morgan fingerprint density at radius 3 is 2.40 bits per heavy atom. The van der Waals surface area contributed by atoms with Crippen LogP contribution in [0, 0.1) is 0 Å². The number of carbonyl (C=O) groups is 1. The minimum absolute atomic E-state index is 0.0431. The number of rotatable bonds is 8. The molecular formula is C17H19NO6S. The van der Waals surface area contributed by atoms with E-state index in [1.54, 1.807) is 24.3 Å². The standard InChI is InChI=1S/C17H19NO6S/c1-3-24-14-6-4-13(5-7-14)18-25(21,22)15-8-9-16(23-2)12(10-15)11-17(19)20/h4-10,18H,3,11H2,1-2H3,(H,19,20). The number of ether oxygens (including phenoxy) is 2. The second-order valence-corrected chi connectivity index (χ2v) is 6.79. The third-order valence-electron chi connectivity index (χ3n) is 3.32. The van der Waals surface area contributed by atoms with Crippen LogP contribution in [-0.4, -0.2) is 33.2 Å². The summed E-state index contributed by atoms with van der Waals surface area (Å²) in [6.45, 7) is 2.37. The van der Waals surface area contributed by atoms with Crippen LogP contribution >= 0.6 is 0 Å². The van der Waals surface area contributed by atoms with E-state index in [9.17, 15) is 13.2 Å². The van der Waals surface area contributed by atoms with Crippen molar-refractivity contribution in [2.24, 2.45) is 0 Å². The summed E-state index contributed by atoms with van der Waals surface area (Å²) in [7, 11) is -2.47. The number of hydrogen-bond acceptors (Lipinski definition) is 5. The lowest BCUT2D eigenvalue weighted by Crippen LogP contribution is -2.14. The van der Waals surface area contributed by atoms with Gasteiger partial charge in [0.05, 0.1) is 25.0 Å². The van der Waals surface area contributed by atoms with Gasteiger partial charge in [0.2, 0.25) is 0 Å². The van der Waals surface area contributed by atoms with E-state index in [1.165, 1.54) is 25.3 Å². The van der Waals surface area contributed by atoms with E-state index >= 15 is 0 Å². The fourth-order valence-corrected chi connectivity index (χ4v) is 3.33. The number of aliphatic carboxylic acids is 1. The molecule has 0 aliphatic rings. The van der Waals surface area contributed by atoms with Crippen molar-refractivity contribution in [1.29, 1.82) is 0 Å². The third-order valence-corrected chi connectivity index (χ3v) is 4.70. The predicted molar refractivity (Wildman–Crippen MR) is 92.8 cm³/mol. The van der Waals surface area contributed by atoms with Crippen LogP contribution in [0.1, 0.15) is 12.5 Å². The first kappa shape index (κ1) is 18.6. The Morgan fingerprint density at radius 2 is 1.84 bits per heavy atom. The van der Waals surface area contributed by atoms with Gasteiger partial charge in [0.1, 0.15) is 11.5 Å². The van der Waals surface area contributed by atoms with Crippen molar-refractivity contribution in [3.8, 4) is 11.5 Å². The molecule has 7 nitrogen and oxygen atoms in total. The molecule has 2 aromatic carbocycles. The molecule has 0 aliphatic heterocycles. The van der Waals surface area contributed by atoms with Crippen LogP contribution in [0.25, 0.3) is 0 Å². The number of anilines is 1. The third kappa shape index (κ3) is 4.87. The molecule has 8 heteroatoms. The van der Waals surface area contributed by atoms with Gasteiger partial charge in [-0.05, 0) is 49.4 Å². The highest BCUT2D eigenvalue weighted by molar-refractivity contribution is 7.92. The van der Waals surface area contributed by atoms with Crippen molar-refractivity contribution in [2.45, 2.75) is 18.2 Å². The van der Waals surface area contributed by atoms with Gasteiger partial charge in [-0.25, -0.2) is 8.42 Å². The van der Waals surface area contributed by atoms with Crippen molar-refractivity contribution in [1.82, 2.24) is 0 Å². The highest BCUT2D eigenvalue weighted by Crippen LogP contribution is 2.25. The Kier molecular flexibility index (Phi) is 5.87. The van der Waals surface area contributed by atoms with E-state index in [1.807, 2.05) is 6.92 Å². The molecule has 0 atom stereocenters. The van der Waals surface area contributed by atoms with Gasteiger partial charge in [-0.2, -0.15) is 0 Å². The molecule has 0 amide bonds. The molecule has 0 saturated heterocycles. The zero-order valence-electron chi connectivity index (χ0n) is 13.9. The largest absolute Gasteiger partial charge is 0.496 e. The average Bonchev–Trinajstić information content (AvgIpc) is 2.56. The predicted octanol–water partition coefficient (Wildman–Crippen LogP) is 2.52. The normalized spacial score (nSPS) is 11.0. The summed E-state index contributed by atoms with van der Waals surface area (Å²) in [6, 6.07) is 10.6. The van der Waals surface area contributed by atoms with Gasteiger partial charge in [-0.3, -0.25) is 9.52 Å². The fourth-order valence-electron chi connectivity index (χ4n) is 2.22. The van der Waals surface area contributed by atoms with E-state index in [0.717, 1.165) is 0 Å². The highest BCUT2D eigenvalue weighted by atomic mass is 32.2. The fraction of sp³-hybridized carbons (Fsp3) is 0.235. The van der Waals surface area contributed by atoms with Gasteiger partial charge in [0, 0.05) is 11.3 Å². The van der Waals surface area contributed by atoms with Gasteiger partial charge in [-0.1, -0.05) is 0 Å². The Labute approximate surface area is 146 Å². The number of carboxylic acids is 1. The maximum Gasteiger partial charge on any atom is 0.307 e. The van der Waals surface area contributed by atoms with E-state index in [2.05, 4.69) is 4.72 Å².